The van der Waals surface area contributed by atoms with Crippen molar-refractivity contribution in [3.05, 3.63) is 155 Å². The first-order valence-corrected chi connectivity index (χ1v) is 18.5. The van der Waals surface area contributed by atoms with E-state index in [1.165, 1.54) is 11.8 Å². The monoisotopic (exact) mass is 700 g/mol. The Morgan fingerprint density at radius 3 is 1.94 bits per heavy atom. The van der Waals surface area contributed by atoms with Crippen molar-refractivity contribution in [2.75, 3.05) is 19.0 Å². The van der Waals surface area contributed by atoms with E-state index in [0.717, 1.165) is 41.5 Å². The summed E-state index contributed by atoms with van der Waals surface area (Å²) in [6.45, 7) is 4.76. The van der Waals surface area contributed by atoms with Crippen LogP contribution in [0.4, 0.5) is 0 Å². The van der Waals surface area contributed by atoms with Crippen LogP contribution in [-0.4, -0.2) is 53.4 Å². The molecule has 7 nitrogen and oxygen atoms in total. The van der Waals surface area contributed by atoms with Crippen molar-refractivity contribution in [1.82, 2.24) is 10.2 Å². The summed E-state index contributed by atoms with van der Waals surface area (Å²) < 4.78 is 17.3. The summed E-state index contributed by atoms with van der Waals surface area (Å²) in [5.41, 5.74) is 3.90. The number of carbonyl (C=O) groups excluding carboxylic acids is 2. The van der Waals surface area contributed by atoms with Gasteiger partial charge in [-0.3, -0.25) is 15.0 Å². The number of hydrogen-bond donors (Lipinski definition) is 1. The molecule has 0 bridgehead atoms. The Kier molecular flexibility index (Phi) is 12.4. The fourth-order valence-electron chi connectivity index (χ4n) is 6.59. The fraction of sp³-hybridized carbons (Fsp3) is 0.302. The van der Waals surface area contributed by atoms with Gasteiger partial charge in [0.05, 0.1) is 11.3 Å². The van der Waals surface area contributed by atoms with Gasteiger partial charge in [-0.2, -0.15) is 0 Å². The average Bonchev–Trinajstić information content (AvgIpc) is 3.18. The summed E-state index contributed by atoms with van der Waals surface area (Å²) in [7, 11) is 0. The zero-order chi connectivity index (χ0) is 35.5. The van der Waals surface area contributed by atoms with Crippen LogP contribution in [0.5, 0.6) is 0 Å². The van der Waals surface area contributed by atoms with Crippen LogP contribution in [0.25, 0.3) is 0 Å². The Hall–Kier alpha value is -4.65. The molecule has 0 aliphatic carbocycles. The number of β-lactam (4-membered cyclic amide) rings is 1. The van der Waals surface area contributed by atoms with Gasteiger partial charge in [-0.05, 0) is 60.9 Å². The van der Waals surface area contributed by atoms with Crippen LogP contribution >= 0.6 is 11.8 Å². The summed E-state index contributed by atoms with van der Waals surface area (Å²) in [6.07, 6.45) is 2.81. The van der Waals surface area contributed by atoms with Crippen LogP contribution in [-0.2, 0) is 35.9 Å². The van der Waals surface area contributed by atoms with E-state index in [-0.39, 0.29) is 31.1 Å². The van der Waals surface area contributed by atoms with E-state index in [9.17, 15) is 9.59 Å². The Bertz CT molecular complexity index is 1730. The van der Waals surface area contributed by atoms with Gasteiger partial charge in [0, 0.05) is 6.61 Å². The number of nitrogens with one attached hydrogen (secondary N) is 1. The molecule has 1 amide bonds. The number of hydrogen-bond acceptors (Lipinski definition) is 7. The Labute approximate surface area is 305 Å². The topological polar surface area (TPSA) is 77.1 Å². The largest absolute Gasteiger partial charge is 0.456 e. The lowest BCUT2D eigenvalue weighted by Gasteiger charge is -2.51. The highest BCUT2D eigenvalue weighted by Gasteiger charge is 2.54. The van der Waals surface area contributed by atoms with Crippen molar-refractivity contribution >= 4 is 23.6 Å². The molecular weight excluding hydrogens is 657 g/mol. The summed E-state index contributed by atoms with van der Waals surface area (Å²) in [4.78, 5) is 29.9. The first-order chi connectivity index (χ1) is 25.0. The molecule has 3 atom stereocenters. The maximum absolute atomic E-state index is 14.5. The molecule has 1 N–H and O–H groups in total. The van der Waals surface area contributed by atoms with Gasteiger partial charge in [0.1, 0.15) is 30.3 Å². The number of allylic oxidation sites excluding steroid dienone is 1. The van der Waals surface area contributed by atoms with Crippen molar-refractivity contribution in [2.45, 2.75) is 63.0 Å². The molecule has 2 heterocycles. The minimum atomic E-state index is -0.881. The molecule has 0 saturated carbocycles. The van der Waals surface area contributed by atoms with Crippen molar-refractivity contribution < 1.29 is 23.8 Å². The van der Waals surface area contributed by atoms with Crippen molar-refractivity contribution in [1.29, 1.82) is 0 Å². The first-order valence-electron chi connectivity index (χ1n) is 17.5. The summed E-state index contributed by atoms with van der Waals surface area (Å²) in [6, 6.07) is 39.4. The third-order valence-electron chi connectivity index (χ3n) is 9.09. The molecule has 0 aromatic heterocycles. The van der Waals surface area contributed by atoms with E-state index >= 15 is 0 Å². The zero-order valence-corrected chi connectivity index (χ0v) is 29.9. The number of likely N-dealkylation sites (tertiary alicyclic amines) is 1. The van der Waals surface area contributed by atoms with E-state index in [1.54, 1.807) is 4.90 Å². The maximum Gasteiger partial charge on any atom is 0.355 e. The number of thioether (sulfide) groups is 1. The van der Waals surface area contributed by atoms with Crippen LogP contribution in [0.3, 0.4) is 0 Å². The second-order valence-electron chi connectivity index (χ2n) is 12.8. The number of ether oxygens (including phenoxy) is 3. The highest BCUT2D eigenvalue weighted by Crippen LogP contribution is 2.42. The first kappa shape index (κ1) is 36.2. The number of rotatable bonds is 13. The quantitative estimate of drug-likeness (QED) is 0.0512. The van der Waals surface area contributed by atoms with Gasteiger partial charge in [-0.15, -0.1) is 11.8 Å². The van der Waals surface area contributed by atoms with E-state index in [2.05, 4.69) is 53.6 Å². The van der Waals surface area contributed by atoms with E-state index in [4.69, 9.17) is 14.2 Å². The van der Waals surface area contributed by atoms with Gasteiger partial charge in [0.25, 0.3) is 0 Å². The van der Waals surface area contributed by atoms with Gasteiger partial charge < -0.3 is 14.2 Å². The molecule has 3 unspecified atom stereocenters. The minimum absolute atomic E-state index is 0.104. The highest BCUT2D eigenvalue weighted by atomic mass is 32.2. The third-order valence-corrected chi connectivity index (χ3v) is 10.2. The third kappa shape index (κ3) is 8.46. The lowest BCUT2D eigenvalue weighted by Crippen LogP contribution is -2.72. The van der Waals surface area contributed by atoms with Gasteiger partial charge in [0.15, 0.2) is 6.29 Å². The molecule has 0 radical (unpaired) electrons. The average molecular weight is 701 g/mol. The molecule has 2 saturated heterocycles. The van der Waals surface area contributed by atoms with E-state index < -0.39 is 22.9 Å². The lowest BCUT2D eigenvalue weighted by atomic mass is 9.76. The maximum atomic E-state index is 14.5. The predicted octanol–water partition coefficient (Wildman–Crippen LogP) is 7.42. The SMILES string of the molecule is CC(C)=C(C(=O)OCc1ccccc1)N1C(=O)C(NC(c2ccccc2)(c2ccccc2)c2ccccc2)C1SCC#CCOC1CCCCO1. The van der Waals surface area contributed by atoms with Crippen LogP contribution < -0.4 is 5.32 Å². The molecule has 8 heteroatoms. The summed E-state index contributed by atoms with van der Waals surface area (Å²) >= 11 is 1.51. The van der Waals surface area contributed by atoms with Crippen LogP contribution in [0, 0.1) is 11.8 Å². The summed E-state index contributed by atoms with van der Waals surface area (Å²) in [5.74, 6) is 6.01. The molecule has 2 fully saturated rings. The minimum Gasteiger partial charge on any atom is -0.456 e. The second-order valence-corrected chi connectivity index (χ2v) is 13.9. The van der Waals surface area contributed by atoms with E-state index in [0.29, 0.717) is 17.9 Å². The normalized spacial score (nSPS) is 18.6. The number of nitrogens with zero attached hydrogens (tertiary/aromatic N) is 1. The van der Waals surface area contributed by atoms with Crippen LogP contribution in [0.15, 0.2) is 133 Å². The smallest absolute Gasteiger partial charge is 0.355 e. The molecule has 262 valence electrons. The number of benzene rings is 4. The molecule has 2 aliphatic rings. The molecular formula is C43H44N2O5S. The molecule has 51 heavy (non-hydrogen) atoms. The van der Waals surface area contributed by atoms with Crippen molar-refractivity contribution in [3.63, 3.8) is 0 Å². The Balaban J connectivity index is 1.32. The lowest BCUT2D eigenvalue weighted by molar-refractivity contribution is -0.154. The molecule has 2 aliphatic heterocycles. The van der Waals surface area contributed by atoms with Crippen molar-refractivity contribution in [2.24, 2.45) is 0 Å². The second kappa shape index (κ2) is 17.5. The van der Waals surface area contributed by atoms with Gasteiger partial charge >= 0.3 is 5.97 Å². The Morgan fingerprint density at radius 2 is 1.41 bits per heavy atom. The molecule has 4 aromatic carbocycles. The zero-order valence-electron chi connectivity index (χ0n) is 29.1. The fourth-order valence-corrected chi connectivity index (χ4v) is 7.69. The predicted molar refractivity (Wildman–Crippen MR) is 201 cm³/mol. The van der Waals surface area contributed by atoms with Crippen molar-refractivity contribution in [3.8, 4) is 11.8 Å². The standard InChI is InChI=1S/C43H44N2O5S/c1-32(2)39(42(47)50-31-33-19-7-3-8-20-33)45-40(46)38(41(45)51-30-18-17-29-49-37-27-15-16-28-48-37)44-43(34-21-9-4-10-22-34,35-23-11-5-12-24-35)36-25-13-6-14-26-36/h3-14,19-26,37-38,41,44H,15-16,27-31H2,1-2H3. The molecule has 6 rings (SSSR count). The summed E-state index contributed by atoms with van der Waals surface area (Å²) in [5, 5.41) is 3.40. The van der Waals surface area contributed by atoms with E-state index in [1.807, 2.05) is 98.8 Å². The Morgan fingerprint density at radius 1 is 0.843 bits per heavy atom. The molecule has 4 aromatic rings. The molecule has 0 spiro atoms. The van der Waals surface area contributed by atoms with Gasteiger partial charge in [-0.1, -0.05) is 133 Å². The highest BCUT2D eigenvalue weighted by molar-refractivity contribution is 8.00. The van der Waals surface area contributed by atoms with Crippen LogP contribution in [0.2, 0.25) is 0 Å². The van der Waals surface area contributed by atoms with Gasteiger partial charge in [-0.25, -0.2) is 4.79 Å². The number of carbonyl (C=O) groups is 2. The van der Waals surface area contributed by atoms with Crippen LogP contribution in [0.1, 0.15) is 55.4 Å². The number of esters is 1. The van der Waals surface area contributed by atoms with Gasteiger partial charge in [0.2, 0.25) is 5.91 Å². The number of amides is 1.